The monoisotopic (exact) mass is 360 g/mol. The van der Waals surface area contributed by atoms with Gasteiger partial charge in [-0.2, -0.15) is 0 Å². The lowest BCUT2D eigenvalue weighted by molar-refractivity contribution is 0.102. The first-order valence-corrected chi connectivity index (χ1v) is 9.95. The standard InChI is InChI=1S/C19H24N2O3S/c1-6-21(25(5,23)24)17-9-7-16(8-10-17)19(22)20-18-14(3)11-13(2)12-15(18)4/h7-12H,6H2,1-5H3,(H,20,22). The SMILES string of the molecule is CCN(c1ccc(C(=O)Nc2c(C)cc(C)cc2C)cc1)S(C)(=O)=O. The Bertz CT molecular complexity index is 864. The van der Waals surface area contributed by atoms with Crippen molar-refractivity contribution in [1.29, 1.82) is 0 Å². The first-order valence-electron chi connectivity index (χ1n) is 8.10. The lowest BCUT2D eigenvalue weighted by Gasteiger charge is -2.20. The highest BCUT2D eigenvalue weighted by Crippen LogP contribution is 2.23. The number of amides is 1. The van der Waals surface area contributed by atoms with E-state index in [-0.39, 0.29) is 5.91 Å². The highest BCUT2D eigenvalue weighted by Gasteiger charge is 2.16. The van der Waals surface area contributed by atoms with Crippen molar-refractivity contribution in [3.05, 3.63) is 58.7 Å². The molecule has 25 heavy (non-hydrogen) atoms. The lowest BCUT2D eigenvalue weighted by Crippen LogP contribution is -2.29. The molecule has 0 fully saturated rings. The maximum atomic E-state index is 12.5. The molecule has 134 valence electrons. The van der Waals surface area contributed by atoms with Crippen LogP contribution in [-0.4, -0.2) is 27.1 Å². The van der Waals surface area contributed by atoms with E-state index in [1.54, 1.807) is 31.2 Å². The summed E-state index contributed by atoms with van der Waals surface area (Å²) in [5.74, 6) is -0.219. The number of hydrogen-bond acceptors (Lipinski definition) is 3. The van der Waals surface area contributed by atoms with Crippen molar-refractivity contribution < 1.29 is 13.2 Å². The maximum Gasteiger partial charge on any atom is 0.255 e. The molecule has 2 rings (SSSR count). The number of hydrogen-bond donors (Lipinski definition) is 1. The zero-order valence-corrected chi connectivity index (χ0v) is 16.1. The van der Waals surface area contributed by atoms with Gasteiger partial charge < -0.3 is 5.32 Å². The molecule has 0 unspecified atom stereocenters. The summed E-state index contributed by atoms with van der Waals surface area (Å²) in [6.45, 7) is 8.05. The van der Waals surface area contributed by atoms with Crippen LogP contribution in [0.2, 0.25) is 0 Å². The van der Waals surface area contributed by atoms with Gasteiger partial charge in [-0.15, -0.1) is 0 Å². The van der Waals surface area contributed by atoms with E-state index >= 15 is 0 Å². The quantitative estimate of drug-likeness (QED) is 0.885. The van der Waals surface area contributed by atoms with E-state index in [4.69, 9.17) is 0 Å². The Morgan fingerprint density at radius 2 is 1.56 bits per heavy atom. The fraction of sp³-hybridized carbons (Fsp3) is 0.316. The second-order valence-corrected chi connectivity index (χ2v) is 8.11. The normalized spacial score (nSPS) is 11.2. The fourth-order valence-corrected chi connectivity index (χ4v) is 3.92. The van der Waals surface area contributed by atoms with Gasteiger partial charge in [0.1, 0.15) is 0 Å². The fourth-order valence-electron chi connectivity index (χ4n) is 2.95. The number of benzene rings is 2. The van der Waals surface area contributed by atoms with Gasteiger partial charge >= 0.3 is 0 Å². The van der Waals surface area contributed by atoms with Gasteiger partial charge in [-0.25, -0.2) is 8.42 Å². The van der Waals surface area contributed by atoms with Crippen LogP contribution in [0.4, 0.5) is 11.4 Å². The largest absolute Gasteiger partial charge is 0.322 e. The van der Waals surface area contributed by atoms with Crippen LogP contribution < -0.4 is 9.62 Å². The Hall–Kier alpha value is -2.34. The van der Waals surface area contributed by atoms with Crippen LogP contribution in [0.5, 0.6) is 0 Å². The van der Waals surface area contributed by atoms with Crippen LogP contribution in [-0.2, 0) is 10.0 Å². The first-order chi connectivity index (χ1) is 11.6. The summed E-state index contributed by atoms with van der Waals surface area (Å²) in [5.41, 5.74) is 5.01. The molecule has 0 saturated carbocycles. The van der Waals surface area contributed by atoms with Crippen LogP contribution in [0.1, 0.15) is 34.0 Å². The van der Waals surface area contributed by atoms with Crippen molar-refractivity contribution >= 4 is 27.3 Å². The molecule has 2 aromatic carbocycles. The Kier molecular flexibility index (Phi) is 5.52. The summed E-state index contributed by atoms with van der Waals surface area (Å²) < 4.78 is 24.8. The van der Waals surface area contributed by atoms with Gasteiger partial charge in [0.15, 0.2) is 0 Å². The molecule has 6 heteroatoms. The summed E-state index contributed by atoms with van der Waals surface area (Å²) in [6, 6.07) is 10.6. The predicted octanol–water partition coefficient (Wildman–Crippen LogP) is 3.65. The minimum absolute atomic E-state index is 0.219. The number of nitrogens with zero attached hydrogens (tertiary/aromatic N) is 1. The van der Waals surface area contributed by atoms with Gasteiger partial charge in [0.25, 0.3) is 5.91 Å². The van der Waals surface area contributed by atoms with E-state index in [1.807, 2.05) is 32.9 Å². The number of sulfonamides is 1. The van der Waals surface area contributed by atoms with Crippen LogP contribution in [0.25, 0.3) is 0 Å². The Morgan fingerprint density at radius 3 is 2.00 bits per heavy atom. The molecule has 0 atom stereocenters. The Labute approximate surface area is 149 Å². The number of anilines is 2. The first kappa shape index (κ1) is 19.0. The zero-order valence-electron chi connectivity index (χ0n) is 15.3. The predicted molar refractivity (Wildman–Crippen MR) is 103 cm³/mol. The number of nitrogens with one attached hydrogen (secondary N) is 1. The van der Waals surface area contributed by atoms with Crippen molar-refractivity contribution in [2.75, 3.05) is 22.4 Å². The third-order valence-corrected chi connectivity index (χ3v) is 5.29. The summed E-state index contributed by atoms with van der Waals surface area (Å²) in [7, 11) is -3.33. The molecule has 0 heterocycles. The maximum absolute atomic E-state index is 12.5. The number of aryl methyl sites for hydroxylation is 3. The molecule has 5 nitrogen and oxygen atoms in total. The van der Waals surface area contributed by atoms with Crippen LogP contribution in [0.3, 0.4) is 0 Å². The van der Waals surface area contributed by atoms with Gasteiger partial charge in [0.05, 0.1) is 11.9 Å². The molecule has 0 aromatic heterocycles. The molecule has 0 aliphatic carbocycles. The van der Waals surface area contributed by atoms with E-state index in [2.05, 4.69) is 5.32 Å². The van der Waals surface area contributed by atoms with Crippen molar-refractivity contribution in [2.24, 2.45) is 0 Å². The van der Waals surface area contributed by atoms with E-state index in [0.717, 1.165) is 22.4 Å². The summed E-state index contributed by atoms with van der Waals surface area (Å²) >= 11 is 0. The highest BCUT2D eigenvalue weighted by molar-refractivity contribution is 7.92. The number of carbonyl (C=O) groups excluding carboxylic acids is 1. The molecule has 0 aliphatic heterocycles. The molecule has 1 amide bonds. The molecule has 1 N–H and O–H groups in total. The summed E-state index contributed by atoms with van der Waals surface area (Å²) in [6.07, 6.45) is 1.17. The molecule has 0 saturated heterocycles. The summed E-state index contributed by atoms with van der Waals surface area (Å²) in [5, 5.41) is 2.94. The molecule has 2 aromatic rings. The van der Waals surface area contributed by atoms with Crippen LogP contribution in [0, 0.1) is 20.8 Å². The number of rotatable bonds is 5. The Morgan fingerprint density at radius 1 is 1.04 bits per heavy atom. The van der Waals surface area contributed by atoms with Crippen molar-refractivity contribution in [2.45, 2.75) is 27.7 Å². The summed E-state index contributed by atoms with van der Waals surface area (Å²) in [4.78, 5) is 12.5. The second-order valence-electron chi connectivity index (χ2n) is 6.20. The molecular formula is C19H24N2O3S. The molecule has 0 aliphatic rings. The van der Waals surface area contributed by atoms with E-state index in [0.29, 0.717) is 17.8 Å². The van der Waals surface area contributed by atoms with E-state index in [9.17, 15) is 13.2 Å². The average molecular weight is 360 g/mol. The molecular weight excluding hydrogens is 336 g/mol. The van der Waals surface area contributed by atoms with Gasteiger partial charge in [0.2, 0.25) is 10.0 Å². The minimum atomic E-state index is -3.33. The third-order valence-electron chi connectivity index (χ3n) is 4.02. The van der Waals surface area contributed by atoms with Crippen LogP contribution in [0.15, 0.2) is 36.4 Å². The van der Waals surface area contributed by atoms with E-state index in [1.165, 1.54) is 10.6 Å². The van der Waals surface area contributed by atoms with Crippen molar-refractivity contribution in [3.8, 4) is 0 Å². The van der Waals surface area contributed by atoms with E-state index < -0.39 is 10.0 Å². The second kappa shape index (κ2) is 7.27. The minimum Gasteiger partial charge on any atom is -0.322 e. The van der Waals surface area contributed by atoms with Crippen LogP contribution >= 0.6 is 0 Å². The van der Waals surface area contributed by atoms with Gasteiger partial charge in [0, 0.05) is 17.8 Å². The third kappa shape index (κ3) is 4.39. The lowest BCUT2D eigenvalue weighted by atomic mass is 10.0. The van der Waals surface area contributed by atoms with Gasteiger partial charge in [-0.1, -0.05) is 17.7 Å². The molecule has 0 radical (unpaired) electrons. The molecule has 0 bridgehead atoms. The topological polar surface area (TPSA) is 66.5 Å². The van der Waals surface area contributed by atoms with Gasteiger partial charge in [-0.05, 0) is 63.1 Å². The van der Waals surface area contributed by atoms with Crippen molar-refractivity contribution in [3.63, 3.8) is 0 Å². The Balaban J connectivity index is 2.24. The van der Waals surface area contributed by atoms with Gasteiger partial charge in [-0.3, -0.25) is 9.10 Å². The highest BCUT2D eigenvalue weighted by atomic mass is 32.2. The van der Waals surface area contributed by atoms with Crippen molar-refractivity contribution in [1.82, 2.24) is 0 Å². The number of carbonyl (C=O) groups is 1. The smallest absolute Gasteiger partial charge is 0.255 e. The zero-order chi connectivity index (χ0) is 18.8. The average Bonchev–Trinajstić information content (AvgIpc) is 2.50. The molecule has 0 spiro atoms.